The Hall–Kier alpha value is 0.170. The lowest BCUT2D eigenvalue weighted by molar-refractivity contribution is 1.21. The summed E-state index contributed by atoms with van der Waals surface area (Å²) in [6.45, 7) is 2.11. The highest BCUT2D eigenvalue weighted by molar-refractivity contribution is 9.11. The van der Waals surface area contributed by atoms with Crippen molar-refractivity contribution in [3.8, 4) is 0 Å². The normalized spacial score (nSPS) is 12.8. The molecule has 0 aliphatic rings. The standard InChI is InChI=1S/C12H9Br2ClS/c1-7-6-10(13)12(16-7)11(14)8-2-4-9(15)5-3-8/h2-6,11H,1H3. The van der Waals surface area contributed by atoms with Crippen LogP contribution in [0.5, 0.6) is 0 Å². The van der Waals surface area contributed by atoms with E-state index in [4.69, 9.17) is 11.6 Å². The van der Waals surface area contributed by atoms with Gasteiger partial charge < -0.3 is 0 Å². The van der Waals surface area contributed by atoms with Crippen LogP contribution in [0.1, 0.15) is 20.1 Å². The van der Waals surface area contributed by atoms with E-state index in [9.17, 15) is 0 Å². The van der Waals surface area contributed by atoms with E-state index < -0.39 is 0 Å². The summed E-state index contributed by atoms with van der Waals surface area (Å²) in [6.07, 6.45) is 0. The first-order chi connectivity index (χ1) is 7.58. The zero-order chi connectivity index (χ0) is 11.7. The molecule has 2 rings (SSSR count). The lowest BCUT2D eigenvalue weighted by atomic mass is 10.1. The van der Waals surface area contributed by atoms with Crippen LogP contribution in [0.4, 0.5) is 0 Å². The Bertz CT molecular complexity index is 490. The van der Waals surface area contributed by atoms with Crippen molar-refractivity contribution >= 4 is 54.8 Å². The van der Waals surface area contributed by atoms with Crippen molar-refractivity contribution in [3.05, 3.63) is 55.1 Å². The van der Waals surface area contributed by atoms with Crippen LogP contribution in [0.2, 0.25) is 5.02 Å². The molecule has 0 fully saturated rings. The van der Waals surface area contributed by atoms with E-state index >= 15 is 0 Å². The van der Waals surface area contributed by atoms with E-state index in [0.29, 0.717) is 0 Å². The summed E-state index contributed by atoms with van der Waals surface area (Å²) < 4.78 is 1.16. The third-order valence-electron chi connectivity index (χ3n) is 2.23. The zero-order valence-corrected chi connectivity index (χ0v) is 13.3. The monoisotopic (exact) mass is 378 g/mol. The minimum atomic E-state index is 0.220. The van der Waals surface area contributed by atoms with Crippen LogP contribution in [0.3, 0.4) is 0 Å². The fourth-order valence-corrected chi connectivity index (χ4v) is 4.61. The average molecular weight is 381 g/mol. The largest absolute Gasteiger partial charge is 0.143 e. The van der Waals surface area contributed by atoms with E-state index in [1.54, 1.807) is 11.3 Å². The number of hydrogen-bond acceptors (Lipinski definition) is 1. The van der Waals surface area contributed by atoms with Crippen molar-refractivity contribution in [1.82, 2.24) is 0 Å². The van der Waals surface area contributed by atoms with Crippen molar-refractivity contribution in [3.63, 3.8) is 0 Å². The molecule has 0 aliphatic carbocycles. The van der Waals surface area contributed by atoms with Gasteiger partial charge >= 0.3 is 0 Å². The second-order valence-corrected chi connectivity index (χ2v) is 6.98. The maximum atomic E-state index is 5.88. The number of benzene rings is 1. The third kappa shape index (κ3) is 2.70. The molecule has 0 spiro atoms. The van der Waals surface area contributed by atoms with Gasteiger partial charge in [-0.05, 0) is 46.6 Å². The zero-order valence-electron chi connectivity index (χ0n) is 8.51. The molecule has 0 bridgehead atoms. The van der Waals surface area contributed by atoms with Crippen molar-refractivity contribution in [2.75, 3.05) is 0 Å². The van der Waals surface area contributed by atoms with Crippen molar-refractivity contribution < 1.29 is 0 Å². The highest BCUT2D eigenvalue weighted by Crippen LogP contribution is 2.40. The number of alkyl halides is 1. The highest BCUT2D eigenvalue weighted by Gasteiger charge is 2.15. The molecule has 1 atom stereocenters. The molecule has 0 N–H and O–H groups in total. The molecular formula is C12H9Br2ClS. The summed E-state index contributed by atoms with van der Waals surface area (Å²) in [4.78, 5) is 2.82. The van der Waals surface area contributed by atoms with Gasteiger partial charge in [-0.25, -0.2) is 0 Å². The second-order valence-electron chi connectivity index (χ2n) is 3.48. The van der Waals surface area contributed by atoms with Gasteiger partial charge in [-0.15, -0.1) is 11.3 Å². The lowest BCUT2D eigenvalue weighted by Gasteiger charge is -2.09. The van der Waals surface area contributed by atoms with Crippen LogP contribution in [0.15, 0.2) is 34.8 Å². The molecule has 0 saturated heterocycles. The fraction of sp³-hybridized carbons (Fsp3) is 0.167. The predicted octanol–water partition coefficient (Wildman–Crippen LogP) is 5.96. The van der Waals surface area contributed by atoms with Crippen LogP contribution in [-0.2, 0) is 0 Å². The van der Waals surface area contributed by atoms with Crippen LogP contribution >= 0.6 is 54.8 Å². The Morgan fingerprint density at radius 3 is 2.38 bits per heavy atom. The molecule has 0 saturated carbocycles. The maximum Gasteiger partial charge on any atom is 0.0749 e. The first-order valence-corrected chi connectivity index (χ1v) is 7.63. The lowest BCUT2D eigenvalue weighted by Crippen LogP contribution is -1.89. The molecule has 0 nitrogen and oxygen atoms in total. The molecule has 0 aliphatic heterocycles. The van der Waals surface area contributed by atoms with E-state index in [2.05, 4.69) is 44.8 Å². The van der Waals surface area contributed by atoms with Crippen molar-refractivity contribution in [1.29, 1.82) is 0 Å². The maximum absolute atomic E-state index is 5.88. The summed E-state index contributed by atoms with van der Waals surface area (Å²) in [5, 5.41) is 0.768. The Morgan fingerprint density at radius 1 is 1.25 bits per heavy atom. The summed E-state index contributed by atoms with van der Waals surface area (Å²) in [6, 6.07) is 10.1. The smallest absolute Gasteiger partial charge is 0.0749 e. The summed E-state index contributed by atoms with van der Waals surface area (Å²) >= 11 is 15.0. The number of rotatable bonds is 2. The van der Waals surface area contributed by atoms with Gasteiger partial charge in [-0.3, -0.25) is 0 Å². The van der Waals surface area contributed by atoms with Gasteiger partial charge in [0, 0.05) is 19.2 Å². The topological polar surface area (TPSA) is 0 Å². The minimum absolute atomic E-state index is 0.220. The van der Waals surface area contributed by atoms with Gasteiger partial charge in [0.25, 0.3) is 0 Å². The molecule has 1 heterocycles. The molecule has 0 radical (unpaired) electrons. The number of aryl methyl sites for hydroxylation is 1. The first kappa shape index (κ1) is 12.6. The van der Waals surface area contributed by atoms with E-state index in [1.807, 2.05) is 24.3 Å². The SMILES string of the molecule is Cc1cc(Br)c(C(Br)c2ccc(Cl)cc2)s1. The fourth-order valence-electron chi connectivity index (χ4n) is 1.46. The second kappa shape index (κ2) is 5.21. The molecule has 1 aromatic carbocycles. The van der Waals surface area contributed by atoms with E-state index in [0.717, 1.165) is 9.50 Å². The molecular weight excluding hydrogens is 371 g/mol. The predicted molar refractivity (Wildman–Crippen MR) is 79.0 cm³/mol. The molecule has 16 heavy (non-hydrogen) atoms. The molecule has 84 valence electrons. The molecule has 1 aromatic heterocycles. The quantitative estimate of drug-likeness (QED) is 0.564. The summed E-state index contributed by atoms with van der Waals surface area (Å²) in [5.41, 5.74) is 1.21. The number of halogens is 3. The van der Waals surface area contributed by atoms with Gasteiger partial charge in [0.1, 0.15) is 0 Å². The molecule has 4 heteroatoms. The molecule has 2 aromatic rings. The van der Waals surface area contributed by atoms with Crippen LogP contribution in [-0.4, -0.2) is 0 Å². The van der Waals surface area contributed by atoms with E-state index in [-0.39, 0.29) is 4.83 Å². The van der Waals surface area contributed by atoms with Crippen LogP contribution < -0.4 is 0 Å². The Morgan fingerprint density at radius 2 is 1.88 bits per heavy atom. The summed E-state index contributed by atoms with van der Waals surface area (Å²) in [7, 11) is 0. The first-order valence-electron chi connectivity index (χ1n) is 4.73. The van der Waals surface area contributed by atoms with Crippen molar-refractivity contribution in [2.45, 2.75) is 11.8 Å². The van der Waals surface area contributed by atoms with Gasteiger partial charge in [-0.2, -0.15) is 0 Å². The third-order valence-corrected chi connectivity index (χ3v) is 5.80. The summed E-state index contributed by atoms with van der Waals surface area (Å²) in [5.74, 6) is 0. The van der Waals surface area contributed by atoms with Crippen LogP contribution in [0, 0.1) is 6.92 Å². The molecule has 0 amide bonds. The Labute approximate surface area is 121 Å². The van der Waals surface area contributed by atoms with Crippen molar-refractivity contribution in [2.24, 2.45) is 0 Å². The number of hydrogen-bond donors (Lipinski definition) is 0. The van der Waals surface area contributed by atoms with Gasteiger partial charge in [0.2, 0.25) is 0 Å². The Kier molecular flexibility index (Phi) is 4.11. The Balaban J connectivity index is 2.35. The van der Waals surface area contributed by atoms with Crippen LogP contribution in [0.25, 0.3) is 0 Å². The minimum Gasteiger partial charge on any atom is -0.143 e. The van der Waals surface area contributed by atoms with E-state index in [1.165, 1.54) is 15.3 Å². The van der Waals surface area contributed by atoms with Gasteiger partial charge in [-0.1, -0.05) is 39.7 Å². The number of thiophene rings is 1. The average Bonchev–Trinajstić information content (AvgIpc) is 2.58. The molecule has 1 unspecified atom stereocenters. The highest BCUT2D eigenvalue weighted by atomic mass is 79.9. The van der Waals surface area contributed by atoms with Gasteiger partial charge in [0.15, 0.2) is 0 Å². The van der Waals surface area contributed by atoms with Gasteiger partial charge in [0.05, 0.1) is 4.83 Å².